The summed E-state index contributed by atoms with van der Waals surface area (Å²) in [7, 11) is 0. The van der Waals surface area contributed by atoms with Gasteiger partial charge in [0.1, 0.15) is 10.5 Å². The number of thiophene rings is 1. The number of aryl methyl sites for hydroxylation is 1. The molecule has 0 aliphatic heterocycles. The summed E-state index contributed by atoms with van der Waals surface area (Å²) in [6, 6.07) is 2.06. The first kappa shape index (κ1) is 14.6. The van der Waals surface area contributed by atoms with Crippen LogP contribution in [0.4, 0.5) is 0 Å². The lowest BCUT2D eigenvalue weighted by Crippen LogP contribution is -2.33. The maximum Gasteiger partial charge on any atom is 0.268 e. The highest BCUT2D eigenvalue weighted by molar-refractivity contribution is 7.22. The van der Waals surface area contributed by atoms with E-state index in [-0.39, 0.29) is 17.5 Å². The van der Waals surface area contributed by atoms with Crippen molar-refractivity contribution < 1.29 is 0 Å². The van der Waals surface area contributed by atoms with Crippen LogP contribution in [0.25, 0.3) is 20.7 Å². The smallest absolute Gasteiger partial charge is 0.268 e. The van der Waals surface area contributed by atoms with Gasteiger partial charge >= 0.3 is 0 Å². The minimum atomic E-state index is -0.0693. The third kappa shape index (κ3) is 2.49. The average Bonchev–Trinajstić information content (AvgIpc) is 3.13. The van der Waals surface area contributed by atoms with E-state index in [9.17, 15) is 4.79 Å². The Morgan fingerprint density at radius 3 is 2.91 bits per heavy atom. The molecule has 120 valence electrons. The predicted octanol–water partition coefficient (Wildman–Crippen LogP) is 2.67. The third-order valence-corrected chi connectivity index (χ3v) is 5.82. The zero-order valence-corrected chi connectivity index (χ0v) is 13.7. The van der Waals surface area contributed by atoms with E-state index in [0.717, 1.165) is 53.2 Å². The summed E-state index contributed by atoms with van der Waals surface area (Å²) >= 11 is 1.45. The van der Waals surface area contributed by atoms with Gasteiger partial charge in [0, 0.05) is 28.1 Å². The fourth-order valence-corrected chi connectivity index (χ4v) is 4.42. The number of fused-ring (bicyclic) bond motifs is 1. The standard InChI is InChI=1S/C16H19N5OS/c1-8-10(7-18-21-8)13-6-12-14(23-13)16(22)20-15(19-12)9-4-2-3-5-11(9)17/h6-7,9,11H,2-5,17H2,1H3,(H,18,21)(H,19,20,22)/t9-,11+/m0/s1. The topological polar surface area (TPSA) is 100 Å². The molecule has 4 N–H and O–H groups in total. The van der Waals surface area contributed by atoms with Gasteiger partial charge in [-0.15, -0.1) is 11.3 Å². The van der Waals surface area contributed by atoms with Gasteiger partial charge in [-0.1, -0.05) is 12.8 Å². The largest absolute Gasteiger partial charge is 0.327 e. The van der Waals surface area contributed by atoms with Crippen LogP contribution in [0.3, 0.4) is 0 Å². The molecule has 6 nitrogen and oxygen atoms in total. The number of hydrogen-bond donors (Lipinski definition) is 3. The average molecular weight is 329 g/mol. The zero-order chi connectivity index (χ0) is 16.0. The molecule has 2 atom stereocenters. The van der Waals surface area contributed by atoms with Crippen molar-refractivity contribution in [3.8, 4) is 10.4 Å². The van der Waals surface area contributed by atoms with Crippen molar-refractivity contribution in [1.29, 1.82) is 0 Å². The predicted molar refractivity (Wildman–Crippen MR) is 91.7 cm³/mol. The molecule has 1 fully saturated rings. The van der Waals surface area contributed by atoms with Crippen LogP contribution < -0.4 is 11.3 Å². The molecule has 23 heavy (non-hydrogen) atoms. The maximum absolute atomic E-state index is 12.5. The summed E-state index contributed by atoms with van der Waals surface area (Å²) in [5.41, 5.74) is 8.92. The van der Waals surface area contributed by atoms with Crippen LogP contribution in [0.5, 0.6) is 0 Å². The van der Waals surface area contributed by atoms with Crippen LogP contribution in [0, 0.1) is 6.92 Å². The van der Waals surface area contributed by atoms with Crippen LogP contribution >= 0.6 is 11.3 Å². The Morgan fingerprint density at radius 2 is 2.17 bits per heavy atom. The number of nitrogens with zero attached hydrogens (tertiary/aromatic N) is 2. The normalized spacial score (nSPS) is 21.8. The van der Waals surface area contributed by atoms with Gasteiger partial charge in [0.2, 0.25) is 0 Å². The van der Waals surface area contributed by atoms with Gasteiger partial charge in [-0.3, -0.25) is 9.89 Å². The molecule has 3 aromatic rings. The highest BCUT2D eigenvalue weighted by atomic mass is 32.1. The number of hydrogen-bond acceptors (Lipinski definition) is 5. The molecule has 0 aromatic carbocycles. The molecule has 0 amide bonds. The summed E-state index contributed by atoms with van der Waals surface area (Å²) < 4.78 is 0.661. The van der Waals surface area contributed by atoms with Crippen LogP contribution in [0.1, 0.15) is 43.1 Å². The Kier molecular flexibility index (Phi) is 3.54. The quantitative estimate of drug-likeness (QED) is 0.673. The number of nitrogens with two attached hydrogens (primary N) is 1. The van der Waals surface area contributed by atoms with E-state index in [1.165, 1.54) is 11.3 Å². The summed E-state index contributed by atoms with van der Waals surface area (Å²) in [6.07, 6.45) is 6.07. The van der Waals surface area contributed by atoms with Crippen molar-refractivity contribution in [2.45, 2.75) is 44.6 Å². The third-order valence-electron chi connectivity index (χ3n) is 4.67. The van der Waals surface area contributed by atoms with Gasteiger partial charge in [-0.25, -0.2) is 4.98 Å². The van der Waals surface area contributed by atoms with E-state index in [4.69, 9.17) is 10.7 Å². The van der Waals surface area contributed by atoms with E-state index in [1.807, 2.05) is 13.0 Å². The minimum Gasteiger partial charge on any atom is -0.327 e. The lowest BCUT2D eigenvalue weighted by atomic mass is 9.84. The molecule has 0 unspecified atom stereocenters. The van der Waals surface area contributed by atoms with Crippen LogP contribution in [0.2, 0.25) is 0 Å². The molecule has 7 heteroatoms. The molecule has 1 aliphatic rings. The SMILES string of the molecule is Cc1[nH]ncc1-c1cc2nc([C@H]3CCCC[C@H]3N)[nH]c(=O)c2s1. The van der Waals surface area contributed by atoms with Crippen LogP contribution in [-0.4, -0.2) is 26.2 Å². The molecule has 3 aromatic heterocycles. The van der Waals surface area contributed by atoms with Crippen molar-refractivity contribution in [2.24, 2.45) is 5.73 Å². The van der Waals surface area contributed by atoms with Gasteiger partial charge in [0.15, 0.2) is 0 Å². The number of aromatic amines is 2. The van der Waals surface area contributed by atoms with Crippen molar-refractivity contribution in [2.75, 3.05) is 0 Å². The number of rotatable bonds is 2. The first-order chi connectivity index (χ1) is 11.1. The first-order valence-electron chi connectivity index (χ1n) is 7.93. The van der Waals surface area contributed by atoms with Crippen molar-refractivity contribution >= 4 is 21.6 Å². The molecule has 0 spiro atoms. The van der Waals surface area contributed by atoms with E-state index < -0.39 is 0 Å². The van der Waals surface area contributed by atoms with E-state index in [1.54, 1.807) is 6.20 Å². The van der Waals surface area contributed by atoms with E-state index in [0.29, 0.717) is 4.70 Å². The Labute approximate surface area is 137 Å². The number of H-pyrrole nitrogens is 2. The molecular weight excluding hydrogens is 310 g/mol. The Morgan fingerprint density at radius 1 is 1.35 bits per heavy atom. The molecule has 4 rings (SSSR count). The Balaban J connectivity index is 1.81. The number of nitrogens with one attached hydrogen (secondary N) is 2. The summed E-state index contributed by atoms with van der Waals surface area (Å²) in [5.74, 6) is 0.892. The molecule has 1 saturated carbocycles. The monoisotopic (exact) mass is 329 g/mol. The fourth-order valence-electron chi connectivity index (χ4n) is 3.36. The molecule has 1 aliphatic carbocycles. The van der Waals surface area contributed by atoms with Gasteiger partial charge in [0.05, 0.1) is 11.7 Å². The second-order valence-electron chi connectivity index (χ2n) is 6.24. The Hall–Kier alpha value is -1.99. The van der Waals surface area contributed by atoms with E-state index in [2.05, 4.69) is 15.2 Å². The fraction of sp³-hybridized carbons (Fsp3) is 0.438. The summed E-state index contributed by atoms with van der Waals surface area (Å²) in [4.78, 5) is 21.2. The molecular formula is C16H19N5OS. The lowest BCUT2D eigenvalue weighted by molar-refractivity contribution is 0.373. The molecule has 0 saturated heterocycles. The number of aromatic nitrogens is 4. The van der Waals surface area contributed by atoms with Crippen LogP contribution in [-0.2, 0) is 0 Å². The molecule has 3 heterocycles. The van der Waals surface area contributed by atoms with Crippen molar-refractivity contribution in [3.63, 3.8) is 0 Å². The first-order valence-corrected chi connectivity index (χ1v) is 8.75. The molecule has 0 radical (unpaired) electrons. The van der Waals surface area contributed by atoms with Crippen molar-refractivity contribution in [1.82, 2.24) is 20.2 Å². The Bertz CT molecular complexity index is 909. The van der Waals surface area contributed by atoms with Crippen LogP contribution in [0.15, 0.2) is 17.1 Å². The maximum atomic E-state index is 12.5. The lowest BCUT2D eigenvalue weighted by Gasteiger charge is -2.27. The second-order valence-corrected chi connectivity index (χ2v) is 7.29. The second kappa shape index (κ2) is 5.58. The van der Waals surface area contributed by atoms with Gasteiger partial charge in [0.25, 0.3) is 5.56 Å². The zero-order valence-electron chi connectivity index (χ0n) is 12.9. The van der Waals surface area contributed by atoms with Gasteiger partial charge in [-0.05, 0) is 25.8 Å². The highest BCUT2D eigenvalue weighted by Crippen LogP contribution is 2.34. The van der Waals surface area contributed by atoms with E-state index >= 15 is 0 Å². The molecule has 0 bridgehead atoms. The summed E-state index contributed by atoms with van der Waals surface area (Å²) in [6.45, 7) is 1.97. The minimum absolute atomic E-state index is 0.0693. The summed E-state index contributed by atoms with van der Waals surface area (Å²) in [5, 5.41) is 6.98. The highest BCUT2D eigenvalue weighted by Gasteiger charge is 2.26. The van der Waals surface area contributed by atoms with Crippen molar-refractivity contribution in [3.05, 3.63) is 34.1 Å². The van der Waals surface area contributed by atoms with Gasteiger partial charge in [-0.2, -0.15) is 5.10 Å². The van der Waals surface area contributed by atoms with Gasteiger partial charge < -0.3 is 10.7 Å².